The molecule has 1 unspecified atom stereocenters. The molecule has 6 heteroatoms. The van der Waals surface area contributed by atoms with Gasteiger partial charge in [-0.2, -0.15) is 5.10 Å². The summed E-state index contributed by atoms with van der Waals surface area (Å²) in [6.45, 7) is 3.20. The smallest absolute Gasteiger partial charge is 0.258 e. The molecule has 0 aliphatic carbocycles. The van der Waals surface area contributed by atoms with Crippen LogP contribution in [-0.2, 0) is 4.79 Å². The minimum Gasteiger partial charge on any atom is -0.342 e. The Balaban J connectivity index is 1.89. The van der Waals surface area contributed by atoms with Gasteiger partial charge in [0.2, 0.25) is 5.91 Å². The van der Waals surface area contributed by atoms with Crippen molar-refractivity contribution in [2.24, 2.45) is 0 Å². The summed E-state index contributed by atoms with van der Waals surface area (Å²) in [7, 11) is 1.80. The van der Waals surface area contributed by atoms with Crippen molar-refractivity contribution in [3.63, 3.8) is 0 Å². The first-order chi connectivity index (χ1) is 12.1. The van der Waals surface area contributed by atoms with Crippen molar-refractivity contribution in [2.45, 2.75) is 32.2 Å². The number of unbranched alkanes of at least 4 members (excludes halogenated alkanes) is 1. The summed E-state index contributed by atoms with van der Waals surface area (Å²) in [5.74, 6) is -0.104. The number of hydrogen-bond acceptors (Lipinski definition) is 3. The highest BCUT2D eigenvalue weighted by Crippen LogP contribution is 2.25. The van der Waals surface area contributed by atoms with Crippen LogP contribution in [0.1, 0.15) is 36.5 Å². The van der Waals surface area contributed by atoms with Crippen LogP contribution in [0.2, 0.25) is 0 Å². The molecule has 3 rings (SSSR count). The van der Waals surface area contributed by atoms with Gasteiger partial charge in [-0.05, 0) is 6.42 Å². The van der Waals surface area contributed by atoms with E-state index in [-0.39, 0.29) is 17.9 Å². The number of nitrogens with zero attached hydrogens (tertiary/aromatic N) is 3. The Morgan fingerprint density at radius 3 is 2.76 bits per heavy atom. The average molecular weight is 340 g/mol. The molecule has 1 fully saturated rings. The van der Waals surface area contributed by atoms with Gasteiger partial charge in [-0.1, -0.05) is 50.1 Å². The van der Waals surface area contributed by atoms with Gasteiger partial charge in [-0.3, -0.25) is 14.7 Å². The van der Waals surface area contributed by atoms with Gasteiger partial charge in [0.05, 0.1) is 17.5 Å². The lowest BCUT2D eigenvalue weighted by Crippen LogP contribution is -2.57. The third-order valence-electron chi connectivity index (χ3n) is 4.74. The Morgan fingerprint density at radius 2 is 2.04 bits per heavy atom. The molecule has 0 saturated carbocycles. The number of carbonyl (C=O) groups is 2. The van der Waals surface area contributed by atoms with Gasteiger partial charge in [-0.25, -0.2) is 0 Å². The van der Waals surface area contributed by atoms with E-state index in [1.807, 2.05) is 30.3 Å². The van der Waals surface area contributed by atoms with Gasteiger partial charge in [-0.15, -0.1) is 0 Å². The van der Waals surface area contributed by atoms with E-state index in [9.17, 15) is 9.59 Å². The number of piperazine rings is 1. The molecule has 1 saturated heterocycles. The summed E-state index contributed by atoms with van der Waals surface area (Å²) in [4.78, 5) is 29.2. The highest BCUT2D eigenvalue weighted by atomic mass is 16.2. The quantitative estimate of drug-likeness (QED) is 0.909. The Labute approximate surface area is 147 Å². The molecule has 2 amide bonds. The standard InChI is InChI=1S/C19H24N4O2/c1-3-4-10-16-19(25)22(2)11-12-23(16)18(24)15-13-20-21-17(15)14-8-6-5-7-9-14/h5-9,13,16H,3-4,10-12H2,1-2H3,(H,20,21). The number of likely N-dealkylation sites (N-methyl/N-ethyl adjacent to an activating group) is 1. The maximum absolute atomic E-state index is 13.2. The summed E-state index contributed by atoms with van der Waals surface area (Å²) < 4.78 is 0. The lowest BCUT2D eigenvalue weighted by Gasteiger charge is -2.39. The van der Waals surface area contributed by atoms with Gasteiger partial charge in [0, 0.05) is 25.7 Å². The number of aromatic amines is 1. The zero-order chi connectivity index (χ0) is 17.8. The Bertz CT molecular complexity index is 741. The number of amides is 2. The Morgan fingerprint density at radius 1 is 1.28 bits per heavy atom. The first-order valence-electron chi connectivity index (χ1n) is 8.78. The highest BCUT2D eigenvalue weighted by molar-refractivity contribution is 6.02. The van der Waals surface area contributed by atoms with Crippen molar-refractivity contribution in [1.82, 2.24) is 20.0 Å². The topological polar surface area (TPSA) is 69.3 Å². The molecular formula is C19H24N4O2. The minimum absolute atomic E-state index is 0.0257. The molecule has 0 bridgehead atoms. The van der Waals surface area contributed by atoms with E-state index in [1.54, 1.807) is 23.0 Å². The molecule has 25 heavy (non-hydrogen) atoms. The number of carbonyl (C=O) groups excluding carboxylic acids is 2. The molecule has 0 radical (unpaired) electrons. The van der Waals surface area contributed by atoms with Crippen LogP contribution >= 0.6 is 0 Å². The molecule has 1 N–H and O–H groups in total. The zero-order valence-electron chi connectivity index (χ0n) is 14.7. The molecule has 2 heterocycles. The Hall–Kier alpha value is -2.63. The lowest BCUT2D eigenvalue weighted by atomic mass is 10.0. The first-order valence-corrected chi connectivity index (χ1v) is 8.78. The fourth-order valence-corrected chi connectivity index (χ4v) is 3.26. The van der Waals surface area contributed by atoms with Crippen molar-refractivity contribution in [1.29, 1.82) is 0 Å². The van der Waals surface area contributed by atoms with Gasteiger partial charge in [0.15, 0.2) is 0 Å². The second-order valence-corrected chi connectivity index (χ2v) is 6.44. The average Bonchev–Trinajstić information content (AvgIpc) is 3.13. The van der Waals surface area contributed by atoms with Crippen LogP contribution in [-0.4, -0.2) is 58.0 Å². The van der Waals surface area contributed by atoms with Crippen LogP contribution in [0.25, 0.3) is 11.3 Å². The monoisotopic (exact) mass is 340 g/mol. The highest BCUT2D eigenvalue weighted by Gasteiger charge is 2.36. The maximum Gasteiger partial charge on any atom is 0.258 e. The summed E-state index contributed by atoms with van der Waals surface area (Å²) in [6, 6.07) is 9.27. The largest absolute Gasteiger partial charge is 0.342 e. The van der Waals surface area contributed by atoms with E-state index in [0.29, 0.717) is 30.8 Å². The molecule has 1 aliphatic rings. The van der Waals surface area contributed by atoms with Crippen molar-refractivity contribution in [3.05, 3.63) is 42.1 Å². The first kappa shape index (κ1) is 17.2. The normalized spacial score (nSPS) is 17.8. The van der Waals surface area contributed by atoms with Crippen LogP contribution in [0, 0.1) is 0 Å². The van der Waals surface area contributed by atoms with Gasteiger partial charge in [0.25, 0.3) is 5.91 Å². The van der Waals surface area contributed by atoms with E-state index in [1.165, 1.54) is 0 Å². The maximum atomic E-state index is 13.2. The van der Waals surface area contributed by atoms with E-state index >= 15 is 0 Å². The van der Waals surface area contributed by atoms with Crippen molar-refractivity contribution in [2.75, 3.05) is 20.1 Å². The number of rotatable bonds is 5. The van der Waals surface area contributed by atoms with Gasteiger partial charge >= 0.3 is 0 Å². The van der Waals surface area contributed by atoms with Crippen LogP contribution in [0.15, 0.2) is 36.5 Å². The number of nitrogens with one attached hydrogen (secondary N) is 1. The predicted octanol–water partition coefficient (Wildman–Crippen LogP) is 2.55. The molecular weight excluding hydrogens is 316 g/mol. The van der Waals surface area contributed by atoms with E-state index < -0.39 is 0 Å². The second-order valence-electron chi connectivity index (χ2n) is 6.44. The number of benzene rings is 1. The number of H-pyrrole nitrogens is 1. The molecule has 6 nitrogen and oxygen atoms in total. The molecule has 0 spiro atoms. The molecule has 1 aromatic carbocycles. The summed E-state index contributed by atoms with van der Waals surface area (Å²) >= 11 is 0. The molecule has 1 atom stereocenters. The number of hydrogen-bond donors (Lipinski definition) is 1. The van der Waals surface area contributed by atoms with Crippen molar-refractivity contribution < 1.29 is 9.59 Å². The van der Waals surface area contributed by atoms with Crippen LogP contribution < -0.4 is 0 Å². The van der Waals surface area contributed by atoms with Crippen LogP contribution in [0.4, 0.5) is 0 Å². The third kappa shape index (κ3) is 3.43. The predicted molar refractivity (Wildman–Crippen MR) is 96.0 cm³/mol. The number of aromatic nitrogens is 2. The SMILES string of the molecule is CCCCC1C(=O)N(C)CCN1C(=O)c1cn[nH]c1-c1ccccc1. The second kappa shape index (κ2) is 7.51. The minimum atomic E-state index is -0.385. The third-order valence-corrected chi connectivity index (χ3v) is 4.74. The van der Waals surface area contributed by atoms with Gasteiger partial charge < -0.3 is 9.80 Å². The van der Waals surface area contributed by atoms with E-state index in [0.717, 1.165) is 18.4 Å². The lowest BCUT2D eigenvalue weighted by molar-refractivity contribution is -0.138. The zero-order valence-corrected chi connectivity index (χ0v) is 14.7. The molecule has 1 aromatic heterocycles. The fraction of sp³-hybridized carbons (Fsp3) is 0.421. The van der Waals surface area contributed by atoms with E-state index in [2.05, 4.69) is 17.1 Å². The Kier molecular flexibility index (Phi) is 5.16. The van der Waals surface area contributed by atoms with Gasteiger partial charge in [0.1, 0.15) is 6.04 Å². The fourth-order valence-electron chi connectivity index (χ4n) is 3.26. The van der Waals surface area contributed by atoms with Crippen LogP contribution in [0.5, 0.6) is 0 Å². The van der Waals surface area contributed by atoms with E-state index in [4.69, 9.17) is 0 Å². The summed E-state index contributed by atoms with van der Waals surface area (Å²) in [5, 5.41) is 6.99. The van der Waals surface area contributed by atoms with Crippen LogP contribution in [0.3, 0.4) is 0 Å². The van der Waals surface area contributed by atoms with Crippen molar-refractivity contribution >= 4 is 11.8 Å². The molecule has 1 aliphatic heterocycles. The van der Waals surface area contributed by atoms with Crippen molar-refractivity contribution in [3.8, 4) is 11.3 Å². The molecule has 2 aromatic rings. The summed E-state index contributed by atoms with van der Waals surface area (Å²) in [5.41, 5.74) is 2.13. The summed E-state index contributed by atoms with van der Waals surface area (Å²) in [6.07, 6.45) is 4.18. The molecule has 132 valence electrons.